The van der Waals surface area contributed by atoms with E-state index < -0.39 is 0 Å². The summed E-state index contributed by atoms with van der Waals surface area (Å²) < 4.78 is 2.23. The second-order valence-electron chi connectivity index (χ2n) is 4.36. The van der Waals surface area contributed by atoms with Crippen molar-refractivity contribution in [2.75, 3.05) is 0 Å². The predicted molar refractivity (Wildman–Crippen MR) is 70.2 cm³/mol. The van der Waals surface area contributed by atoms with E-state index in [2.05, 4.69) is 46.6 Å². The van der Waals surface area contributed by atoms with Gasteiger partial charge in [0, 0.05) is 17.6 Å². The zero-order valence-corrected chi connectivity index (χ0v) is 10.4. The summed E-state index contributed by atoms with van der Waals surface area (Å²) in [4.78, 5) is 9.21. The molecule has 3 rings (SSSR count). The van der Waals surface area contributed by atoms with Crippen molar-refractivity contribution in [2.45, 2.75) is 27.3 Å². The van der Waals surface area contributed by atoms with E-state index in [0.29, 0.717) is 0 Å². The van der Waals surface area contributed by atoms with Crippen LogP contribution in [0.4, 0.5) is 0 Å². The summed E-state index contributed by atoms with van der Waals surface area (Å²) in [5.74, 6) is 1.07. The molecule has 86 valence electrons. The van der Waals surface area contributed by atoms with Crippen LogP contribution in [-0.4, -0.2) is 14.5 Å². The van der Waals surface area contributed by atoms with Gasteiger partial charge in [-0.15, -0.1) is 0 Å². The molecular formula is C14H15N3. The maximum absolute atomic E-state index is 4.66. The molecule has 3 nitrogen and oxygen atoms in total. The van der Waals surface area contributed by atoms with Crippen LogP contribution in [0.5, 0.6) is 0 Å². The lowest BCUT2D eigenvalue weighted by molar-refractivity contribution is 0.753. The molecule has 0 aliphatic rings. The molecule has 0 unspecified atom stereocenters. The van der Waals surface area contributed by atoms with Crippen LogP contribution in [0.15, 0.2) is 24.3 Å². The lowest BCUT2D eigenvalue weighted by atomic mass is 10.1. The molecule has 0 aliphatic carbocycles. The van der Waals surface area contributed by atoms with Gasteiger partial charge in [0.25, 0.3) is 0 Å². The average molecular weight is 225 g/mol. The minimum Gasteiger partial charge on any atom is -0.328 e. The molecule has 0 radical (unpaired) electrons. The van der Waals surface area contributed by atoms with Gasteiger partial charge in [0.15, 0.2) is 0 Å². The van der Waals surface area contributed by atoms with Crippen molar-refractivity contribution in [2.24, 2.45) is 0 Å². The van der Waals surface area contributed by atoms with E-state index in [9.17, 15) is 0 Å². The molecule has 17 heavy (non-hydrogen) atoms. The largest absolute Gasteiger partial charge is 0.328 e. The van der Waals surface area contributed by atoms with Gasteiger partial charge in [-0.2, -0.15) is 0 Å². The lowest BCUT2D eigenvalue weighted by Gasteiger charge is -2.03. The second-order valence-corrected chi connectivity index (χ2v) is 4.36. The molecule has 0 saturated heterocycles. The van der Waals surface area contributed by atoms with Gasteiger partial charge in [-0.1, -0.05) is 0 Å². The highest BCUT2D eigenvalue weighted by atomic mass is 15.1. The molecule has 0 fully saturated rings. The molecule has 2 heterocycles. The molecule has 0 bridgehead atoms. The van der Waals surface area contributed by atoms with E-state index >= 15 is 0 Å². The Balaban J connectivity index is 2.48. The monoisotopic (exact) mass is 225 g/mol. The molecule has 0 atom stereocenters. The number of aromatic nitrogens is 3. The first-order valence-electron chi connectivity index (χ1n) is 5.94. The van der Waals surface area contributed by atoms with E-state index in [1.807, 2.05) is 13.0 Å². The van der Waals surface area contributed by atoms with E-state index in [0.717, 1.165) is 34.5 Å². The van der Waals surface area contributed by atoms with E-state index in [-0.39, 0.29) is 0 Å². The lowest BCUT2D eigenvalue weighted by Crippen LogP contribution is -1.96. The summed E-state index contributed by atoms with van der Waals surface area (Å²) in [6.45, 7) is 7.16. The molecule has 0 N–H and O–H groups in total. The molecule has 0 spiro atoms. The zero-order chi connectivity index (χ0) is 12.0. The van der Waals surface area contributed by atoms with Crippen molar-refractivity contribution < 1.29 is 0 Å². The molecule has 0 amide bonds. The van der Waals surface area contributed by atoms with E-state index in [1.165, 1.54) is 5.52 Å². The van der Waals surface area contributed by atoms with Crippen LogP contribution in [0.3, 0.4) is 0 Å². The summed E-state index contributed by atoms with van der Waals surface area (Å²) in [6, 6.07) is 8.36. The van der Waals surface area contributed by atoms with Crippen LogP contribution >= 0.6 is 0 Å². The number of nitrogens with zero attached hydrogens (tertiary/aromatic N) is 3. The maximum atomic E-state index is 4.66. The summed E-state index contributed by atoms with van der Waals surface area (Å²) in [7, 11) is 0. The van der Waals surface area contributed by atoms with Gasteiger partial charge >= 0.3 is 0 Å². The second kappa shape index (κ2) is 3.55. The first-order valence-corrected chi connectivity index (χ1v) is 5.94. The van der Waals surface area contributed by atoms with Crippen molar-refractivity contribution in [3.05, 3.63) is 35.8 Å². The number of hydrogen-bond acceptors (Lipinski definition) is 2. The van der Waals surface area contributed by atoms with Gasteiger partial charge in [0.1, 0.15) is 5.82 Å². The molecule has 1 aromatic carbocycles. The predicted octanol–water partition coefficient (Wildman–Crippen LogP) is 3.22. The van der Waals surface area contributed by atoms with Crippen LogP contribution in [0.25, 0.3) is 21.9 Å². The highest BCUT2D eigenvalue weighted by Gasteiger charge is 2.09. The normalized spacial score (nSPS) is 11.5. The van der Waals surface area contributed by atoms with Gasteiger partial charge in [0.05, 0.1) is 16.6 Å². The van der Waals surface area contributed by atoms with Crippen LogP contribution in [0.2, 0.25) is 0 Å². The number of rotatable bonds is 1. The fraction of sp³-hybridized carbons (Fsp3) is 0.286. The number of fused-ring (bicyclic) bond motifs is 3. The highest BCUT2D eigenvalue weighted by Crippen LogP contribution is 2.24. The number of pyridine rings is 1. The molecule has 3 aromatic rings. The summed E-state index contributed by atoms with van der Waals surface area (Å²) >= 11 is 0. The average Bonchev–Trinajstić information content (AvgIpc) is 2.64. The van der Waals surface area contributed by atoms with Gasteiger partial charge in [-0.3, -0.25) is 4.98 Å². The van der Waals surface area contributed by atoms with Crippen molar-refractivity contribution in [3.8, 4) is 0 Å². The Labute approximate surface area is 100 Å². The van der Waals surface area contributed by atoms with Crippen LogP contribution < -0.4 is 0 Å². The Morgan fingerprint density at radius 2 is 1.88 bits per heavy atom. The van der Waals surface area contributed by atoms with Gasteiger partial charge in [-0.25, -0.2) is 4.98 Å². The van der Waals surface area contributed by atoms with E-state index in [4.69, 9.17) is 0 Å². The van der Waals surface area contributed by atoms with Gasteiger partial charge < -0.3 is 4.57 Å². The third-order valence-corrected chi connectivity index (χ3v) is 3.23. The molecule has 2 aromatic heterocycles. The fourth-order valence-corrected chi connectivity index (χ4v) is 2.41. The number of imidazole rings is 1. The van der Waals surface area contributed by atoms with Crippen LogP contribution in [-0.2, 0) is 6.54 Å². The Morgan fingerprint density at radius 1 is 1.06 bits per heavy atom. The quantitative estimate of drug-likeness (QED) is 0.636. The third kappa shape index (κ3) is 1.42. The van der Waals surface area contributed by atoms with Gasteiger partial charge in [0.2, 0.25) is 0 Å². The summed E-state index contributed by atoms with van der Waals surface area (Å²) in [5.41, 5.74) is 4.33. The van der Waals surface area contributed by atoms with Crippen molar-refractivity contribution in [3.63, 3.8) is 0 Å². The maximum Gasteiger partial charge on any atom is 0.106 e. The Morgan fingerprint density at radius 3 is 2.65 bits per heavy atom. The third-order valence-electron chi connectivity index (χ3n) is 3.23. The van der Waals surface area contributed by atoms with Crippen LogP contribution in [0.1, 0.15) is 18.4 Å². The molecule has 3 heteroatoms. The van der Waals surface area contributed by atoms with E-state index in [1.54, 1.807) is 0 Å². The van der Waals surface area contributed by atoms with Crippen molar-refractivity contribution in [1.82, 2.24) is 14.5 Å². The molecule has 0 aliphatic heterocycles. The minimum absolute atomic E-state index is 0.952. The summed E-state index contributed by atoms with van der Waals surface area (Å²) in [6.07, 6.45) is 0. The zero-order valence-electron chi connectivity index (χ0n) is 10.4. The fourth-order valence-electron chi connectivity index (χ4n) is 2.41. The SMILES string of the molecule is CCn1c(C)nc2c3ccc(C)nc3ccc21. The Kier molecular flexibility index (Phi) is 2.15. The first kappa shape index (κ1) is 10.3. The van der Waals surface area contributed by atoms with Crippen molar-refractivity contribution >= 4 is 21.9 Å². The standard InChI is InChI=1S/C14H15N3/c1-4-17-10(3)16-14-11-6-5-9(2)15-12(11)7-8-13(14)17/h5-8H,4H2,1-3H3. The molecule has 0 saturated carbocycles. The summed E-state index contributed by atoms with van der Waals surface area (Å²) in [5, 5.41) is 1.14. The Bertz CT molecular complexity index is 710. The van der Waals surface area contributed by atoms with Crippen LogP contribution in [0, 0.1) is 13.8 Å². The van der Waals surface area contributed by atoms with Gasteiger partial charge in [-0.05, 0) is 45.0 Å². The Hall–Kier alpha value is -1.90. The smallest absolute Gasteiger partial charge is 0.106 e. The minimum atomic E-state index is 0.952. The number of benzene rings is 1. The molecular weight excluding hydrogens is 210 g/mol. The number of hydrogen-bond donors (Lipinski definition) is 0. The number of aryl methyl sites for hydroxylation is 3. The van der Waals surface area contributed by atoms with Crippen molar-refractivity contribution in [1.29, 1.82) is 0 Å². The topological polar surface area (TPSA) is 30.7 Å². The highest BCUT2D eigenvalue weighted by molar-refractivity contribution is 6.02. The first-order chi connectivity index (χ1) is 8.20.